The van der Waals surface area contributed by atoms with Crippen molar-refractivity contribution in [2.75, 3.05) is 39.3 Å². The first kappa shape index (κ1) is 21.4. The van der Waals surface area contributed by atoms with Crippen LogP contribution >= 0.6 is 0 Å². The fraction of sp³-hybridized carbons (Fsp3) is 0.480. The zero-order chi connectivity index (χ0) is 20.9. The van der Waals surface area contributed by atoms with Crippen LogP contribution in [0.3, 0.4) is 0 Å². The zero-order valence-electron chi connectivity index (χ0n) is 18.4. The van der Waals surface area contributed by atoms with Gasteiger partial charge in [0.25, 0.3) is 0 Å². The van der Waals surface area contributed by atoms with Crippen molar-refractivity contribution < 1.29 is 9.47 Å². The highest BCUT2D eigenvalue weighted by molar-refractivity contribution is 5.80. The van der Waals surface area contributed by atoms with Crippen LogP contribution in [0.15, 0.2) is 53.5 Å². The van der Waals surface area contributed by atoms with Gasteiger partial charge >= 0.3 is 0 Å². The molecular weight excluding hydrogens is 360 g/mol. The lowest BCUT2D eigenvalue weighted by molar-refractivity contribution is -0.0836. The summed E-state index contributed by atoms with van der Waals surface area (Å²) in [5, 5.41) is 0. The van der Waals surface area contributed by atoms with Crippen molar-refractivity contribution in [3.05, 3.63) is 59.7 Å². The van der Waals surface area contributed by atoms with E-state index in [0.29, 0.717) is 0 Å². The van der Waals surface area contributed by atoms with Gasteiger partial charge in [0.05, 0.1) is 12.7 Å². The van der Waals surface area contributed by atoms with Crippen molar-refractivity contribution in [1.82, 2.24) is 0 Å². The first-order valence-corrected chi connectivity index (χ1v) is 10.4. The van der Waals surface area contributed by atoms with Crippen LogP contribution in [0.2, 0.25) is 0 Å². The predicted octanol–water partition coefficient (Wildman–Crippen LogP) is 5.10. The summed E-state index contributed by atoms with van der Waals surface area (Å²) in [7, 11) is 5.82. The van der Waals surface area contributed by atoms with Crippen molar-refractivity contribution in [3.8, 4) is 5.75 Å². The van der Waals surface area contributed by atoms with Crippen LogP contribution in [0.4, 0.5) is 5.69 Å². The SMILES string of the molecule is COc1ccc([C@@]2(CCN=Cc3ccc(N(C)C)cc3)CCOC(C)(C)C2)cc1. The highest BCUT2D eigenvalue weighted by atomic mass is 16.5. The summed E-state index contributed by atoms with van der Waals surface area (Å²) in [6.07, 6.45) is 5.03. The summed E-state index contributed by atoms with van der Waals surface area (Å²) in [6, 6.07) is 17.0. The quantitative estimate of drug-likeness (QED) is 0.613. The largest absolute Gasteiger partial charge is 0.497 e. The summed E-state index contributed by atoms with van der Waals surface area (Å²) < 4.78 is 11.4. The molecule has 156 valence electrons. The number of ether oxygens (including phenoxy) is 2. The molecule has 0 aliphatic carbocycles. The van der Waals surface area contributed by atoms with E-state index in [2.05, 4.69) is 81.4 Å². The molecule has 2 aromatic rings. The van der Waals surface area contributed by atoms with E-state index in [4.69, 9.17) is 14.5 Å². The normalized spacial score (nSPS) is 21.3. The molecule has 29 heavy (non-hydrogen) atoms. The first-order valence-electron chi connectivity index (χ1n) is 10.4. The minimum Gasteiger partial charge on any atom is -0.497 e. The molecule has 0 bridgehead atoms. The Balaban J connectivity index is 1.73. The summed E-state index contributed by atoms with van der Waals surface area (Å²) >= 11 is 0. The lowest BCUT2D eigenvalue weighted by atomic mass is 9.67. The van der Waals surface area contributed by atoms with Gasteiger partial charge in [0, 0.05) is 44.6 Å². The summed E-state index contributed by atoms with van der Waals surface area (Å²) in [4.78, 5) is 6.86. The van der Waals surface area contributed by atoms with E-state index in [-0.39, 0.29) is 11.0 Å². The third-order valence-electron chi connectivity index (χ3n) is 5.91. The van der Waals surface area contributed by atoms with Crippen molar-refractivity contribution in [3.63, 3.8) is 0 Å². The molecule has 0 saturated carbocycles. The van der Waals surface area contributed by atoms with Crippen LogP contribution in [-0.2, 0) is 10.2 Å². The predicted molar refractivity (Wildman–Crippen MR) is 122 cm³/mol. The highest BCUT2D eigenvalue weighted by Gasteiger charge is 2.41. The van der Waals surface area contributed by atoms with Gasteiger partial charge in [-0.05, 0) is 68.5 Å². The Kier molecular flexibility index (Phi) is 6.63. The van der Waals surface area contributed by atoms with E-state index in [1.807, 2.05) is 6.21 Å². The third-order valence-corrected chi connectivity index (χ3v) is 5.91. The molecule has 1 aliphatic heterocycles. The molecule has 1 saturated heterocycles. The van der Waals surface area contributed by atoms with E-state index in [1.54, 1.807) is 7.11 Å². The van der Waals surface area contributed by atoms with Crippen molar-refractivity contribution in [2.24, 2.45) is 4.99 Å². The Hall–Kier alpha value is -2.33. The molecule has 1 aliphatic rings. The van der Waals surface area contributed by atoms with E-state index in [9.17, 15) is 0 Å². The molecule has 1 fully saturated rings. The molecule has 0 aromatic heterocycles. The van der Waals surface area contributed by atoms with E-state index in [0.717, 1.165) is 43.7 Å². The van der Waals surface area contributed by atoms with Crippen LogP contribution in [0, 0.1) is 0 Å². The zero-order valence-corrected chi connectivity index (χ0v) is 18.4. The second-order valence-electron chi connectivity index (χ2n) is 8.82. The Labute approximate surface area is 175 Å². The molecule has 0 amide bonds. The van der Waals surface area contributed by atoms with Gasteiger partial charge < -0.3 is 14.4 Å². The molecule has 0 unspecified atom stereocenters. The van der Waals surface area contributed by atoms with Crippen LogP contribution < -0.4 is 9.64 Å². The third kappa shape index (κ3) is 5.39. The Morgan fingerprint density at radius 3 is 2.34 bits per heavy atom. The van der Waals surface area contributed by atoms with Gasteiger partial charge in [0.2, 0.25) is 0 Å². The molecule has 4 heteroatoms. The average Bonchev–Trinajstić information content (AvgIpc) is 2.71. The van der Waals surface area contributed by atoms with Gasteiger partial charge in [-0.1, -0.05) is 24.3 Å². The number of benzene rings is 2. The number of anilines is 1. The van der Waals surface area contributed by atoms with Gasteiger partial charge in [0.15, 0.2) is 0 Å². The number of nitrogens with zero attached hydrogens (tertiary/aromatic N) is 2. The van der Waals surface area contributed by atoms with Crippen LogP contribution in [0.25, 0.3) is 0 Å². The number of aliphatic imine (C=N–C) groups is 1. The molecular formula is C25H34N2O2. The smallest absolute Gasteiger partial charge is 0.118 e. The monoisotopic (exact) mass is 394 g/mol. The van der Waals surface area contributed by atoms with Gasteiger partial charge in [-0.2, -0.15) is 0 Å². The lowest BCUT2D eigenvalue weighted by Crippen LogP contribution is -2.44. The number of methoxy groups -OCH3 is 1. The van der Waals surface area contributed by atoms with E-state index in [1.165, 1.54) is 11.3 Å². The fourth-order valence-electron chi connectivity index (χ4n) is 4.33. The van der Waals surface area contributed by atoms with E-state index >= 15 is 0 Å². The maximum atomic E-state index is 6.03. The number of hydrogen-bond donors (Lipinski definition) is 0. The Morgan fingerprint density at radius 1 is 1.07 bits per heavy atom. The summed E-state index contributed by atoms with van der Waals surface area (Å²) in [6.45, 7) is 5.98. The Bertz CT molecular complexity index is 810. The van der Waals surface area contributed by atoms with Crippen molar-refractivity contribution in [1.29, 1.82) is 0 Å². The van der Waals surface area contributed by atoms with Gasteiger partial charge in [-0.3, -0.25) is 4.99 Å². The maximum absolute atomic E-state index is 6.03. The van der Waals surface area contributed by atoms with Gasteiger partial charge in [-0.25, -0.2) is 0 Å². The molecule has 3 rings (SSSR count). The molecule has 0 spiro atoms. The van der Waals surface area contributed by atoms with Crippen molar-refractivity contribution in [2.45, 2.75) is 44.1 Å². The van der Waals surface area contributed by atoms with Crippen molar-refractivity contribution >= 4 is 11.9 Å². The molecule has 2 aromatic carbocycles. The highest BCUT2D eigenvalue weighted by Crippen LogP contribution is 2.44. The molecule has 0 N–H and O–H groups in total. The second kappa shape index (κ2) is 9.00. The average molecular weight is 395 g/mol. The standard InChI is InChI=1S/C25H34N2O2/c1-24(2)19-25(15-17-29-24,21-8-12-23(28-5)13-9-21)14-16-26-18-20-6-10-22(11-7-20)27(3)4/h6-13,18H,14-17,19H2,1-5H3/t25-/m0/s1. The fourth-order valence-corrected chi connectivity index (χ4v) is 4.33. The second-order valence-corrected chi connectivity index (χ2v) is 8.82. The number of rotatable bonds is 7. The van der Waals surface area contributed by atoms with Crippen LogP contribution in [0.1, 0.15) is 44.2 Å². The number of hydrogen-bond acceptors (Lipinski definition) is 4. The minimum absolute atomic E-state index is 0.0835. The molecule has 4 nitrogen and oxygen atoms in total. The van der Waals surface area contributed by atoms with Crippen LogP contribution in [-0.4, -0.2) is 46.2 Å². The molecule has 0 radical (unpaired) electrons. The van der Waals surface area contributed by atoms with Gasteiger partial charge in [-0.15, -0.1) is 0 Å². The molecule has 1 atom stereocenters. The Morgan fingerprint density at radius 2 is 1.76 bits per heavy atom. The summed E-state index contributed by atoms with van der Waals surface area (Å²) in [5.74, 6) is 0.898. The summed E-state index contributed by atoms with van der Waals surface area (Å²) in [5.41, 5.74) is 3.66. The lowest BCUT2D eigenvalue weighted by Gasteiger charge is -2.45. The first-order chi connectivity index (χ1) is 13.8. The van der Waals surface area contributed by atoms with Gasteiger partial charge in [0.1, 0.15) is 5.75 Å². The van der Waals surface area contributed by atoms with E-state index < -0.39 is 0 Å². The minimum atomic E-state index is -0.121. The molecule has 1 heterocycles. The van der Waals surface area contributed by atoms with Crippen LogP contribution in [0.5, 0.6) is 5.75 Å². The maximum Gasteiger partial charge on any atom is 0.118 e. The topological polar surface area (TPSA) is 34.1 Å².